The van der Waals surface area contributed by atoms with E-state index in [2.05, 4.69) is 20.6 Å². The standard InChI is InChI=1S/C20H19FN4O2/c1-27-17-4-2-3-16(11-17)25-20(26)18-12-24-19(13-23-18)22-10-9-14-5-7-15(21)8-6-14/h2-8,11-13H,9-10H2,1H3,(H,22,24)(H,25,26). The van der Waals surface area contributed by atoms with Crippen LogP contribution < -0.4 is 15.4 Å². The summed E-state index contributed by atoms with van der Waals surface area (Å²) in [5.74, 6) is 0.614. The summed E-state index contributed by atoms with van der Waals surface area (Å²) in [4.78, 5) is 20.6. The highest BCUT2D eigenvalue weighted by atomic mass is 19.1. The summed E-state index contributed by atoms with van der Waals surface area (Å²) in [6.07, 6.45) is 3.64. The molecular formula is C20H19FN4O2. The van der Waals surface area contributed by atoms with Crippen LogP contribution in [0.2, 0.25) is 0 Å². The number of ether oxygens (including phenoxy) is 1. The molecule has 0 aliphatic heterocycles. The summed E-state index contributed by atoms with van der Waals surface area (Å²) in [6.45, 7) is 0.621. The predicted molar refractivity (Wildman–Crippen MR) is 102 cm³/mol. The zero-order valence-electron chi connectivity index (χ0n) is 14.8. The predicted octanol–water partition coefficient (Wildman–Crippen LogP) is 3.53. The zero-order chi connectivity index (χ0) is 19.1. The van der Waals surface area contributed by atoms with Crippen molar-refractivity contribution in [2.45, 2.75) is 6.42 Å². The first-order valence-electron chi connectivity index (χ1n) is 8.40. The minimum atomic E-state index is -0.353. The van der Waals surface area contributed by atoms with Crippen molar-refractivity contribution in [2.75, 3.05) is 24.3 Å². The number of hydrogen-bond acceptors (Lipinski definition) is 5. The van der Waals surface area contributed by atoms with Crippen molar-refractivity contribution in [3.8, 4) is 5.75 Å². The van der Waals surface area contributed by atoms with Gasteiger partial charge in [0.15, 0.2) is 0 Å². The third kappa shape index (κ3) is 5.24. The number of anilines is 2. The van der Waals surface area contributed by atoms with Crippen LogP contribution in [0.4, 0.5) is 15.9 Å². The topological polar surface area (TPSA) is 76.1 Å². The van der Waals surface area contributed by atoms with Gasteiger partial charge in [-0.1, -0.05) is 18.2 Å². The maximum atomic E-state index is 12.9. The number of halogens is 1. The lowest BCUT2D eigenvalue weighted by Crippen LogP contribution is -2.15. The fourth-order valence-corrected chi connectivity index (χ4v) is 2.42. The molecule has 0 aliphatic carbocycles. The molecule has 7 heteroatoms. The molecule has 3 aromatic rings. The minimum absolute atomic E-state index is 0.210. The number of carbonyl (C=O) groups excluding carboxylic acids is 1. The molecule has 0 spiro atoms. The van der Waals surface area contributed by atoms with Crippen molar-refractivity contribution >= 4 is 17.4 Å². The fraction of sp³-hybridized carbons (Fsp3) is 0.150. The first kappa shape index (κ1) is 18.3. The molecule has 138 valence electrons. The summed E-state index contributed by atoms with van der Waals surface area (Å²) < 4.78 is 18.0. The van der Waals surface area contributed by atoms with E-state index in [0.717, 1.165) is 12.0 Å². The van der Waals surface area contributed by atoms with Gasteiger partial charge in [-0.05, 0) is 36.2 Å². The number of hydrogen-bond donors (Lipinski definition) is 2. The quantitative estimate of drug-likeness (QED) is 0.669. The Morgan fingerprint density at radius 3 is 2.63 bits per heavy atom. The van der Waals surface area contributed by atoms with Crippen LogP contribution in [0.15, 0.2) is 60.9 Å². The number of amides is 1. The Morgan fingerprint density at radius 1 is 1.11 bits per heavy atom. The van der Waals surface area contributed by atoms with E-state index in [1.807, 2.05) is 0 Å². The van der Waals surface area contributed by atoms with E-state index in [4.69, 9.17) is 4.74 Å². The van der Waals surface area contributed by atoms with Crippen molar-refractivity contribution < 1.29 is 13.9 Å². The van der Waals surface area contributed by atoms with Gasteiger partial charge in [0.25, 0.3) is 5.91 Å². The van der Waals surface area contributed by atoms with Crippen molar-refractivity contribution in [1.29, 1.82) is 0 Å². The molecule has 0 unspecified atom stereocenters. The molecule has 3 rings (SSSR count). The van der Waals surface area contributed by atoms with Gasteiger partial charge in [0, 0.05) is 18.3 Å². The smallest absolute Gasteiger partial charge is 0.275 e. The first-order chi connectivity index (χ1) is 13.1. The second-order valence-corrected chi connectivity index (χ2v) is 5.78. The highest BCUT2D eigenvalue weighted by molar-refractivity contribution is 6.02. The summed E-state index contributed by atoms with van der Waals surface area (Å²) in [5, 5.41) is 5.87. The Morgan fingerprint density at radius 2 is 1.93 bits per heavy atom. The van der Waals surface area contributed by atoms with Crippen LogP contribution in [0.1, 0.15) is 16.1 Å². The number of carbonyl (C=O) groups is 1. The van der Waals surface area contributed by atoms with Crippen LogP contribution in [0.5, 0.6) is 5.75 Å². The van der Waals surface area contributed by atoms with E-state index in [9.17, 15) is 9.18 Å². The lowest BCUT2D eigenvalue weighted by Gasteiger charge is -2.08. The van der Waals surface area contributed by atoms with Crippen molar-refractivity contribution in [3.63, 3.8) is 0 Å². The van der Waals surface area contributed by atoms with Crippen LogP contribution in [0.25, 0.3) is 0 Å². The Labute approximate surface area is 156 Å². The van der Waals surface area contributed by atoms with Gasteiger partial charge >= 0.3 is 0 Å². The van der Waals surface area contributed by atoms with Crippen LogP contribution in [-0.2, 0) is 6.42 Å². The van der Waals surface area contributed by atoms with Gasteiger partial charge in [-0.15, -0.1) is 0 Å². The van der Waals surface area contributed by atoms with Crippen molar-refractivity contribution in [3.05, 3.63) is 78.0 Å². The Balaban J connectivity index is 1.53. The number of nitrogens with one attached hydrogen (secondary N) is 2. The molecule has 0 fully saturated rings. The highest BCUT2D eigenvalue weighted by Gasteiger charge is 2.09. The van der Waals surface area contributed by atoms with Gasteiger partial charge in [0.2, 0.25) is 0 Å². The van der Waals surface area contributed by atoms with E-state index < -0.39 is 0 Å². The Kier molecular flexibility index (Phi) is 5.94. The van der Waals surface area contributed by atoms with Gasteiger partial charge in [0.05, 0.1) is 19.5 Å². The zero-order valence-corrected chi connectivity index (χ0v) is 14.8. The largest absolute Gasteiger partial charge is 0.497 e. The van der Waals surface area contributed by atoms with Crippen LogP contribution >= 0.6 is 0 Å². The second-order valence-electron chi connectivity index (χ2n) is 5.78. The average molecular weight is 366 g/mol. The monoisotopic (exact) mass is 366 g/mol. The van der Waals surface area contributed by atoms with Gasteiger partial charge in [-0.2, -0.15) is 0 Å². The number of nitrogens with zero attached hydrogens (tertiary/aromatic N) is 2. The van der Waals surface area contributed by atoms with Gasteiger partial charge in [-0.3, -0.25) is 4.79 Å². The van der Waals surface area contributed by atoms with Gasteiger partial charge in [-0.25, -0.2) is 14.4 Å². The molecule has 0 saturated heterocycles. The molecule has 6 nitrogen and oxygen atoms in total. The molecule has 2 aromatic carbocycles. The van der Waals surface area contributed by atoms with E-state index in [0.29, 0.717) is 23.8 Å². The highest BCUT2D eigenvalue weighted by Crippen LogP contribution is 2.17. The van der Waals surface area contributed by atoms with Crippen LogP contribution in [0, 0.1) is 5.82 Å². The molecule has 0 radical (unpaired) electrons. The molecule has 2 N–H and O–H groups in total. The second kappa shape index (κ2) is 8.75. The van der Waals surface area contributed by atoms with Gasteiger partial charge in [0.1, 0.15) is 23.1 Å². The Hall–Kier alpha value is -3.48. The number of aromatic nitrogens is 2. The van der Waals surface area contributed by atoms with E-state index >= 15 is 0 Å². The lowest BCUT2D eigenvalue weighted by atomic mass is 10.1. The fourth-order valence-electron chi connectivity index (χ4n) is 2.42. The summed E-state index contributed by atoms with van der Waals surface area (Å²) >= 11 is 0. The molecule has 1 aromatic heterocycles. The first-order valence-corrected chi connectivity index (χ1v) is 8.40. The van der Waals surface area contributed by atoms with Crippen LogP contribution in [0.3, 0.4) is 0 Å². The summed E-state index contributed by atoms with van der Waals surface area (Å²) in [7, 11) is 1.56. The summed E-state index contributed by atoms with van der Waals surface area (Å²) in [5.41, 5.74) is 1.84. The average Bonchev–Trinajstić information content (AvgIpc) is 2.70. The minimum Gasteiger partial charge on any atom is -0.497 e. The van der Waals surface area contributed by atoms with E-state index in [-0.39, 0.29) is 17.4 Å². The molecular weight excluding hydrogens is 347 g/mol. The molecule has 0 bridgehead atoms. The number of methoxy groups -OCH3 is 1. The maximum absolute atomic E-state index is 12.9. The third-order valence-electron chi connectivity index (χ3n) is 3.85. The van der Waals surface area contributed by atoms with Crippen molar-refractivity contribution in [1.82, 2.24) is 9.97 Å². The lowest BCUT2D eigenvalue weighted by molar-refractivity contribution is 0.102. The van der Waals surface area contributed by atoms with Gasteiger partial charge < -0.3 is 15.4 Å². The molecule has 27 heavy (non-hydrogen) atoms. The van der Waals surface area contributed by atoms with Crippen molar-refractivity contribution in [2.24, 2.45) is 0 Å². The SMILES string of the molecule is COc1cccc(NC(=O)c2cnc(NCCc3ccc(F)cc3)cn2)c1. The van der Waals surface area contributed by atoms with Crippen LogP contribution in [-0.4, -0.2) is 29.5 Å². The third-order valence-corrected chi connectivity index (χ3v) is 3.85. The molecule has 1 heterocycles. The number of benzene rings is 2. The maximum Gasteiger partial charge on any atom is 0.275 e. The Bertz CT molecular complexity index is 899. The number of rotatable bonds is 7. The summed E-state index contributed by atoms with van der Waals surface area (Å²) in [6, 6.07) is 13.4. The molecule has 0 aliphatic rings. The van der Waals surface area contributed by atoms with E-state index in [1.54, 1.807) is 43.5 Å². The normalized spacial score (nSPS) is 10.3. The molecule has 1 amide bonds. The molecule has 0 saturated carbocycles. The molecule has 0 atom stereocenters. The van der Waals surface area contributed by atoms with E-state index in [1.165, 1.54) is 24.5 Å².